The zero-order chi connectivity index (χ0) is 12.3. The highest BCUT2D eigenvalue weighted by Crippen LogP contribution is 2.29. The summed E-state index contributed by atoms with van der Waals surface area (Å²) in [5, 5.41) is 0. The zero-order valence-electron chi connectivity index (χ0n) is 9.87. The normalized spacial score (nSPS) is 10.5. The Bertz CT molecular complexity index is 508. The van der Waals surface area contributed by atoms with E-state index in [9.17, 15) is 4.39 Å². The first-order chi connectivity index (χ1) is 8.19. The second kappa shape index (κ2) is 5.28. The fourth-order valence-electron chi connectivity index (χ4n) is 1.61. The lowest BCUT2D eigenvalue weighted by molar-refractivity contribution is 0.628. The highest BCUT2D eigenvalue weighted by atomic mass is 32.1. The molecular weight excluding hydrogens is 231 g/mol. The number of rotatable bonds is 4. The molecule has 1 aromatic heterocycles. The van der Waals surface area contributed by atoms with Gasteiger partial charge in [-0.3, -0.25) is 0 Å². The molecule has 0 N–H and O–H groups in total. The maximum absolute atomic E-state index is 12.8. The summed E-state index contributed by atoms with van der Waals surface area (Å²) in [7, 11) is 0. The van der Waals surface area contributed by atoms with Crippen LogP contribution in [0.25, 0.3) is 10.4 Å². The van der Waals surface area contributed by atoms with Crippen molar-refractivity contribution in [3.63, 3.8) is 0 Å². The predicted molar refractivity (Wildman–Crippen MR) is 72.8 cm³/mol. The Morgan fingerprint density at radius 1 is 1.18 bits per heavy atom. The Kier molecular flexibility index (Phi) is 3.75. The van der Waals surface area contributed by atoms with Gasteiger partial charge in [-0.15, -0.1) is 11.3 Å². The Morgan fingerprint density at radius 2 is 1.88 bits per heavy atom. The number of benzene rings is 1. The molecule has 0 aliphatic carbocycles. The molecule has 0 spiro atoms. The minimum Gasteiger partial charge on any atom is -0.207 e. The first kappa shape index (κ1) is 12.1. The van der Waals surface area contributed by atoms with Gasteiger partial charge >= 0.3 is 0 Å². The molecule has 2 rings (SSSR count). The fourth-order valence-corrected chi connectivity index (χ4v) is 2.70. The molecule has 0 radical (unpaired) electrons. The van der Waals surface area contributed by atoms with E-state index in [0.717, 1.165) is 18.4 Å². The van der Waals surface area contributed by atoms with E-state index in [-0.39, 0.29) is 5.82 Å². The van der Waals surface area contributed by atoms with Crippen LogP contribution in [0.5, 0.6) is 0 Å². The quantitative estimate of drug-likeness (QED) is 0.661. The summed E-state index contributed by atoms with van der Waals surface area (Å²) >= 11 is 1.75. The van der Waals surface area contributed by atoms with Gasteiger partial charge in [-0.1, -0.05) is 31.2 Å². The molecule has 1 heterocycles. The Balaban J connectivity index is 2.18. The average molecular weight is 246 g/mol. The Hall–Kier alpha value is -1.41. The van der Waals surface area contributed by atoms with Crippen LogP contribution in [-0.4, -0.2) is 0 Å². The van der Waals surface area contributed by atoms with Gasteiger partial charge in [0.1, 0.15) is 5.82 Å². The van der Waals surface area contributed by atoms with Crippen molar-refractivity contribution in [2.24, 2.45) is 0 Å². The summed E-state index contributed by atoms with van der Waals surface area (Å²) < 4.78 is 12.8. The summed E-state index contributed by atoms with van der Waals surface area (Å²) in [6, 6.07) is 10.9. The second-order valence-corrected chi connectivity index (χ2v) is 5.22. The molecule has 0 saturated heterocycles. The van der Waals surface area contributed by atoms with E-state index in [4.69, 9.17) is 0 Å². The van der Waals surface area contributed by atoms with E-state index in [2.05, 4.69) is 25.6 Å². The molecule has 0 nitrogen and oxygen atoms in total. The number of allylic oxidation sites excluding steroid dienone is 1. The molecule has 2 heteroatoms. The van der Waals surface area contributed by atoms with Gasteiger partial charge in [-0.2, -0.15) is 0 Å². The summed E-state index contributed by atoms with van der Waals surface area (Å²) in [5.74, 6) is -0.190. The molecule has 2 aromatic rings. The highest BCUT2D eigenvalue weighted by Gasteiger charge is 2.04. The van der Waals surface area contributed by atoms with Crippen LogP contribution >= 0.6 is 11.3 Å². The van der Waals surface area contributed by atoms with Crippen molar-refractivity contribution in [3.05, 3.63) is 59.2 Å². The third-order valence-electron chi connectivity index (χ3n) is 2.71. The standard InChI is InChI=1S/C15H15FS/c1-3-11(2)10-14-8-9-15(17-14)12-4-6-13(16)7-5-12/h4-9H,2-3,10H2,1H3. The van der Waals surface area contributed by atoms with Crippen LogP contribution < -0.4 is 0 Å². The molecule has 0 amide bonds. The molecule has 88 valence electrons. The lowest BCUT2D eigenvalue weighted by Gasteiger charge is -1.99. The smallest absolute Gasteiger partial charge is 0.123 e. The van der Waals surface area contributed by atoms with E-state index >= 15 is 0 Å². The number of thiophene rings is 1. The van der Waals surface area contributed by atoms with Gasteiger partial charge in [0.15, 0.2) is 0 Å². The Labute approximate surface area is 105 Å². The topological polar surface area (TPSA) is 0 Å². The van der Waals surface area contributed by atoms with E-state index in [0.29, 0.717) is 0 Å². The first-order valence-corrected chi connectivity index (χ1v) is 6.52. The third-order valence-corrected chi connectivity index (χ3v) is 3.85. The number of halogens is 1. The first-order valence-electron chi connectivity index (χ1n) is 5.70. The van der Waals surface area contributed by atoms with Crippen LogP contribution in [0, 0.1) is 5.82 Å². The zero-order valence-corrected chi connectivity index (χ0v) is 10.7. The number of hydrogen-bond acceptors (Lipinski definition) is 1. The van der Waals surface area contributed by atoms with Crippen LogP contribution in [0.4, 0.5) is 4.39 Å². The lowest BCUT2D eigenvalue weighted by atomic mass is 10.1. The summed E-state index contributed by atoms with van der Waals surface area (Å²) in [5.41, 5.74) is 2.32. The largest absolute Gasteiger partial charge is 0.207 e. The van der Waals surface area contributed by atoms with Crippen molar-refractivity contribution in [3.8, 4) is 10.4 Å². The van der Waals surface area contributed by atoms with Crippen molar-refractivity contribution < 1.29 is 4.39 Å². The third kappa shape index (κ3) is 3.04. The predicted octanol–water partition coefficient (Wildman–Crippen LogP) is 5.06. The summed E-state index contributed by atoms with van der Waals surface area (Å²) in [4.78, 5) is 2.50. The van der Waals surface area contributed by atoms with Gasteiger partial charge in [0, 0.05) is 16.2 Å². The average Bonchev–Trinajstić information content (AvgIpc) is 2.78. The van der Waals surface area contributed by atoms with Gasteiger partial charge in [0.2, 0.25) is 0 Å². The molecule has 1 aromatic carbocycles. The van der Waals surface area contributed by atoms with Crippen LogP contribution in [0.3, 0.4) is 0 Å². The Morgan fingerprint density at radius 3 is 2.53 bits per heavy atom. The molecule has 0 bridgehead atoms. The van der Waals surface area contributed by atoms with Crippen LogP contribution in [0.2, 0.25) is 0 Å². The van der Waals surface area contributed by atoms with Gasteiger partial charge in [0.25, 0.3) is 0 Å². The van der Waals surface area contributed by atoms with Crippen LogP contribution in [-0.2, 0) is 6.42 Å². The van der Waals surface area contributed by atoms with Crippen molar-refractivity contribution >= 4 is 11.3 Å². The highest BCUT2D eigenvalue weighted by molar-refractivity contribution is 7.15. The minimum absolute atomic E-state index is 0.190. The molecule has 0 aliphatic rings. The fraction of sp³-hybridized carbons (Fsp3) is 0.200. The van der Waals surface area contributed by atoms with Crippen molar-refractivity contribution in [1.82, 2.24) is 0 Å². The van der Waals surface area contributed by atoms with Crippen LogP contribution in [0.1, 0.15) is 18.2 Å². The molecule has 0 fully saturated rings. The maximum atomic E-state index is 12.8. The molecular formula is C15H15FS. The van der Waals surface area contributed by atoms with Gasteiger partial charge in [0.05, 0.1) is 0 Å². The van der Waals surface area contributed by atoms with Gasteiger partial charge in [-0.25, -0.2) is 4.39 Å². The number of hydrogen-bond donors (Lipinski definition) is 0. The molecule has 0 saturated carbocycles. The van der Waals surface area contributed by atoms with E-state index in [1.165, 1.54) is 27.5 Å². The van der Waals surface area contributed by atoms with Crippen molar-refractivity contribution in [1.29, 1.82) is 0 Å². The molecule has 0 atom stereocenters. The minimum atomic E-state index is -0.190. The lowest BCUT2D eigenvalue weighted by Crippen LogP contribution is -1.82. The van der Waals surface area contributed by atoms with E-state index in [1.807, 2.05) is 12.1 Å². The SMILES string of the molecule is C=C(CC)Cc1ccc(-c2ccc(F)cc2)s1. The monoisotopic (exact) mass is 246 g/mol. The van der Waals surface area contributed by atoms with Crippen molar-refractivity contribution in [2.45, 2.75) is 19.8 Å². The second-order valence-electron chi connectivity index (χ2n) is 4.05. The molecule has 0 aliphatic heterocycles. The molecule has 0 unspecified atom stereocenters. The van der Waals surface area contributed by atoms with E-state index < -0.39 is 0 Å². The maximum Gasteiger partial charge on any atom is 0.123 e. The van der Waals surface area contributed by atoms with Gasteiger partial charge < -0.3 is 0 Å². The van der Waals surface area contributed by atoms with Gasteiger partial charge in [-0.05, 0) is 36.2 Å². The van der Waals surface area contributed by atoms with E-state index in [1.54, 1.807) is 11.3 Å². The summed E-state index contributed by atoms with van der Waals surface area (Å²) in [6.07, 6.45) is 1.96. The van der Waals surface area contributed by atoms with Crippen molar-refractivity contribution in [2.75, 3.05) is 0 Å². The summed E-state index contributed by atoms with van der Waals surface area (Å²) in [6.45, 7) is 6.14. The molecule has 17 heavy (non-hydrogen) atoms. The van der Waals surface area contributed by atoms with Crippen LogP contribution in [0.15, 0.2) is 48.6 Å².